The molecule has 0 radical (unpaired) electrons. The third-order valence-electron chi connectivity index (χ3n) is 1.03. The Morgan fingerprint density at radius 3 is 2.82 bits per heavy atom. The summed E-state index contributed by atoms with van der Waals surface area (Å²) in [6.45, 7) is 0. The molecule has 0 amide bonds. The molecule has 1 heterocycles. The van der Waals surface area contributed by atoms with Crippen molar-refractivity contribution in [2.75, 3.05) is 0 Å². The molecule has 0 bridgehead atoms. The molecule has 0 aliphatic heterocycles. The number of alkyl halides is 2. The van der Waals surface area contributed by atoms with Gasteiger partial charge in [0.25, 0.3) is 6.43 Å². The van der Waals surface area contributed by atoms with Crippen LogP contribution in [0.25, 0.3) is 0 Å². The van der Waals surface area contributed by atoms with Crippen molar-refractivity contribution in [2.45, 2.75) is 6.43 Å². The summed E-state index contributed by atoms with van der Waals surface area (Å²) in [7, 11) is 0. The van der Waals surface area contributed by atoms with Crippen LogP contribution >= 0.6 is 0 Å². The van der Waals surface area contributed by atoms with E-state index in [0.29, 0.717) is 0 Å². The normalized spacial score (nSPS) is 9.64. The van der Waals surface area contributed by atoms with Gasteiger partial charge in [-0.1, -0.05) is 0 Å². The van der Waals surface area contributed by atoms with Gasteiger partial charge in [-0.05, 0) is 12.0 Å². The molecule has 11 heavy (non-hydrogen) atoms. The van der Waals surface area contributed by atoms with Gasteiger partial charge in [0.15, 0.2) is 0 Å². The molecular weight excluding hydrogens is 150 g/mol. The van der Waals surface area contributed by atoms with Crippen LogP contribution in [0, 0.1) is 12.3 Å². The lowest BCUT2D eigenvalue weighted by Gasteiger charge is -1.96. The highest BCUT2D eigenvalue weighted by Crippen LogP contribution is 2.14. The first-order chi connectivity index (χ1) is 5.24. The second kappa shape index (κ2) is 3.06. The van der Waals surface area contributed by atoms with E-state index in [9.17, 15) is 8.78 Å². The third kappa shape index (κ3) is 1.71. The molecule has 0 fully saturated rings. The second-order valence-electron chi connectivity index (χ2n) is 1.75. The molecule has 0 aliphatic rings. The maximum atomic E-state index is 11.9. The fourth-order valence-electron chi connectivity index (χ4n) is 0.564. The molecule has 1 aromatic rings. The molecular formula is C7H4F2N2. The lowest BCUT2D eigenvalue weighted by molar-refractivity contribution is 0.146. The first-order valence-corrected chi connectivity index (χ1v) is 2.81. The highest BCUT2D eigenvalue weighted by Gasteiger charge is 2.08. The Hall–Kier alpha value is -1.50. The van der Waals surface area contributed by atoms with Gasteiger partial charge >= 0.3 is 0 Å². The largest absolute Gasteiger partial charge is 0.280 e. The Balaban J connectivity index is 3.03. The van der Waals surface area contributed by atoms with Gasteiger partial charge in [-0.25, -0.2) is 18.7 Å². The summed E-state index contributed by atoms with van der Waals surface area (Å²) in [6, 6.07) is 1.13. The van der Waals surface area contributed by atoms with Gasteiger partial charge in [-0.15, -0.1) is 6.42 Å². The summed E-state index contributed by atoms with van der Waals surface area (Å²) in [4.78, 5) is 6.95. The summed E-state index contributed by atoms with van der Waals surface area (Å²) in [5.41, 5.74) is -0.340. The highest BCUT2D eigenvalue weighted by atomic mass is 19.3. The monoisotopic (exact) mass is 154 g/mol. The van der Waals surface area contributed by atoms with Gasteiger partial charge in [0.05, 0.1) is 0 Å². The van der Waals surface area contributed by atoms with Gasteiger partial charge in [0, 0.05) is 6.20 Å². The Kier molecular flexibility index (Phi) is 2.12. The maximum absolute atomic E-state index is 11.9. The Labute approximate surface area is 62.3 Å². The summed E-state index contributed by atoms with van der Waals surface area (Å²) in [6.07, 6.45) is 3.52. The lowest BCUT2D eigenvalue weighted by Crippen LogP contribution is -1.94. The average molecular weight is 154 g/mol. The van der Waals surface area contributed by atoms with E-state index < -0.39 is 6.43 Å². The lowest BCUT2D eigenvalue weighted by atomic mass is 10.4. The standard InChI is InChI=1S/C7H4F2N2/c1-2-6-10-4-3-5(11-6)7(8)9/h1,3-4,7H. The Morgan fingerprint density at radius 2 is 2.27 bits per heavy atom. The van der Waals surface area contributed by atoms with E-state index in [1.54, 1.807) is 0 Å². The Morgan fingerprint density at radius 1 is 1.55 bits per heavy atom. The van der Waals surface area contributed by atoms with E-state index in [4.69, 9.17) is 6.42 Å². The number of hydrogen-bond donors (Lipinski definition) is 0. The number of halogens is 2. The molecule has 0 atom stereocenters. The van der Waals surface area contributed by atoms with Crippen LogP contribution < -0.4 is 0 Å². The zero-order chi connectivity index (χ0) is 8.27. The highest BCUT2D eigenvalue weighted by molar-refractivity contribution is 5.17. The molecule has 0 N–H and O–H groups in total. The third-order valence-corrected chi connectivity index (χ3v) is 1.03. The van der Waals surface area contributed by atoms with Crippen molar-refractivity contribution < 1.29 is 8.78 Å². The number of terminal acetylenes is 1. The zero-order valence-electron chi connectivity index (χ0n) is 5.46. The fraction of sp³-hybridized carbons (Fsp3) is 0.143. The van der Waals surface area contributed by atoms with Crippen LogP contribution in [0.4, 0.5) is 8.78 Å². The molecule has 1 aromatic heterocycles. The predicted molar refractivity (Wildman–Crippen MR) is 34.9 cm³/mol. The summed E-state index contributed by atoms with van der Waals surface area (Å²) in [5.74, 6) is 2.06. The van der Waals surface area contributed by atoms with E-state index in [0.717, 1.165) is 6.07 Å². The Bertz CT molecular complexity index is 291. The van der Waals surface area contributed by atoms with Crippen LogP contribution in [0.3, 0.4) is 0 Å². The summed E-state index contributed by atoms with van der Waals surface area (Å²) < 4.78 is 23.8. The number of aromatic nitrogens is 2. The van der Waals surface area contributed by atoms with E-state index in [2.05, 4.69) is 15.9 Å². The van der Waals surface area contributed by atoms with Gasteiger partial charge in [-0.3, -0.25) is 0 Å². The van der Waals surface area contributed by atoms with Crippen LogP contribution in [0.1, 0.15) is 17.9 Å². The molecule has 0 saturated heterocycles. The quantitative estimate of drug-likeness (QED) is 0.571. The zero-order valence-corrected chi connectivity index (χ0v) is 5.46. The van der Waals surface area contributed by atoms with Gasteiger partial charge in [-0.2, -0.15) is 0 Å². The predicted octanol–water partition coefficient (Wildman–Crippen LogP) is 1.40. The van der Waals surface area contributed by atoms with Crippen LogP contribution in [0.15, 0.2) is 12.3 Å². The van der Waals surface area contributed by atoms with Crippen LogP contribution in [-0.2, 0) is 0 Å². The van der Waals surface area contributed by atoms with Crippen molar-refractivity contribution in [1.82, 2.24) is 9.97 Å². The van der Waals surface area contributed by atoms with Crippen molar-refractivity contribution >= 4 is 0 Å². The maximum Gasteiger partial charge on any atom is 0.280 e. The van der Waals surface area contributed by atoms with E-state index in [-0.39, 0.29) is 11.5 Å². The minimum absolute atomic E-state index is 0.0113. The van der Waals surface area contributed by atoms with E-state index in [1.807, 2.05) is 0 Å². The SMILES string of the molecule is C#Cc1nccc(C(F)F)n1. The smallest absolute Gasteiger partial charge is 0.229 e. The second-order valence-corrected chi connectivity index (χ2v) is 1.75. The van der Waals surface area contributed by atoms with Crippen molar-refractivity contribution in [3.05, 3.63) is 23.8 Å². The van der Waals surface area contributed by atoms with Gasteiger partial charge < -0.3 is 0 Å². The molecule has 0 unspecified atom stereocenters. The number of nitrogens with zero attached hydrogens (tertiary/aromatic N) is 2. The van der Waals surface area contributed by atoms with E-state index in [1.165, 1.54) is 6.20 Å². The van der Waals surface area contributed by atoms with Crippen molar-refractivity contribution in [2.24, 2.45) is 0 Å². The van der Waals surface area contributed by atoms with Crippen LogP contribution in [0.2, 0.25) is 0 Å². The minimum atomic E-state index is -2.59. The fourth-order valence-corrected chi connectivity index (χ4v) is 0.564. The minimum Gasteiger partial charge on any atom is -0.229 e. The first-order valence-electron chi connectivity index (χ1n) is 2.81. The molecule has 0 saturated carbocycles. The molecule has 0 spiro atoms. The summed E-state index contributed by atoms with van der Waals surface area (Å²) >= 11 is 0. The van der Waals surface area contributed by atoms with Crippen LogP contribution in [0.5, 0.6) is 0 Å². The van der Waals surface area contributed by atoms with Gasteiger partial charge in [0.2, 0.25) is 5.82 Å². The summed E-state index contributed by atoms with van der Waals surface area (Å²) in [5, 5.41) is 0. The van der Waals surface area contributed by atoms with Crippen molar-refractivity contribution in [1.29, 1.82) is 0 Å². The topological polar surface area (TPSA) is 25.8 Å². The molecule has 0 aliphatic carbocycles. The molecule has 4 heteroatoms. The first kappa shape index (κ1) is 7.61. The molecule has 56 valence electrons. The van der Waals surface area contributed by atoms with Gasteiger partial charge in [0.1, 0.15) is 5.69 Å². The molecule has 1 rings (SSSR count). The van der Waals surface area contributed by atoms with Crippen molar-refractivity contribution in [3.8, 4) is 12.3 Å². The van der Waals surface area contributed by atoms with Crippen molar-refractivity contribution in [3.63, 3.8) is 0 Å². The van der Waals surface area contributed by atoms with Crippen LogP contribution in [-0.4, -0.2) is 9.97 Å². The molecule has 2 nitrogen and oxygen atoms in total. The number of hydrogen-bond acceptors (Lipinski definition) is 2. The molecule has 0 aromatic carbocycles. The van der Waals surface area contributed by atoms with E-state index >= 15 is 0 Å². The average Bonchev–Trinajstić information content (AvgIpc) is 2.05. The number of rotatable bonds is 1.